The lowest BCUT2D eigenvalue weighted by Gasteiger charge is -2.25. The van der Waals surface area contributed by atoms with Crippen LogP contribution in [0.2, 0.25) is 0 Å². The SMILES string of the molecule is COc1ccc([C@H]2C(C(=O)Nc3ccccc3)=C(C)N=c3s/c(=C/c4ccc(OCC#N)cc4)c(=O)n32)cc1. The molecule has 9 heteroatoms. The van der Waals surface area contributed by atoms with Crippen LogP contribution in [0, 0.1) is 11.3 Å². The molecule has 1 N–H and O–H groups in total. The molecular weight excluding hydrogens is 512 g/mol. The second-order valence-electron chi connectivity index (χ2n) is 8.69. The van der Waals surface area contributed by atoms with Gasteiger partial charge in [-0.15, -0.1) is 0 Å². The molecule has 5 rings (SSSR count). The highest BCUT2D eigenvalue weighted by Crippen LogP contribution is 2.31. The quantitative estimate of drug-likeness (QED) is 0.387. The molecule has 0 saturated heterocycles. The van der Waals surface area contributed by atoms with Crippen molar-refractivity contribution in [3.63, 3.8) is 0 Å². The number of ether oxygens (including phenoxy) is 2. The van der Waals surface area contributed by atoms with Crippen molar-refractivity contribution in [2.45, 2.75) is 13.0 Å². The summed E-state index contributed by atoms with van der Waals surface area (Å²) in [5.41, 5.74) is 2.88. The van der Waals surface area contributed by atoms with Gasteiger partial charge in [0.25, 0.3) is 11.5 Å². The monoisotopic (exact) mass is 536 g/mol. The van der Waals surface area contributed by atoms with Gasteiger partial charge in [0.2, 0.25) is 0 Å². The molecule has 0 fully saturated rings. The van der Waals surface area contributed by atoms with Gasteiger partial charge in [-0.3, -0.25) is 14.2 Å². The highest BCUT2D eigenvalue weighted by molar-refractivity contribution is 7.07. The minimum atomic E-state index is -0.681. The van der Waals surface area contributed by atoms with Crippen molar-refractivity contribution < 1.29 is 14.3 Å². The van der Waals surface area contributed by atoms with Crippen molar-refractivity contribution in [2.24, 2.45) is 4.99 Å². The van der Waals surface area contributed by atoms with Crippen LogP contribution < -0.4 is 29.7 Å². The van der Waals surface area contributed by atoms with Crippen molar-refractivity contribution in [1.82, 2.24) is 4.57 Å². The number of fused-ring (bicyclic) bond motifs is 1. The first-order chi connectivity index (χ1) is 19.0. The fourth-order valence-corrected chi connectivity index (χ4v) is 5.41. The van der Waals surface area contributed by atoms with E-state index < -0.39 is 6.04 Å². The van der Waals surface area contributed by atoms with E-state index in [1.165, 1.54) is 11.3 Å². The Balaban J connectivity index is 1.60. The number of hydrogen-bond donors (Lipinski definition) is 1. The van der Waals surface area contributed by atoms with Gasteiger partial charge in [-0.2, -0.15) is 5.26 Å². The molecule has 0 spiro atoms. The first-order valence-corrected chi connectivity index (χ1v) is 12.9. The number of amides is 1. The molecule has 2 heterocycles. The first kappa shape index (κ1) is 25.7. The molecule has 0 bridgehead atoms. The van der Waals surface area contributed by atoms with Gasteiger partial charge in [0.1, 0.15) is 17.6 Å². The maximum Gasteiger partial charge on any atom is 0.271 e. The number of carbonyl (C=O) groups is 1. The molecule has 0 unspecified atom stereocenters. The molecule has 4 aromatic rings. The number of nitrogens with zero attached hydrogens (tertiary/aromatic N) is 3. The number of aromatic nitrogens is 1. The summed E-state index contributed by atoms with van der Waals surface area (Å²) in [5.74, 6) is 0.911. The summed E-state index contributed by atoms with van der Waals surface area (Å²) < 4.78 is 12.7. The number of benzene rings is 3. The minimum absolute atomic E-state index is 0.0388. The van der Waals surface area contributed by atoms with E-state index in [2.05, 4.69) is 10.3 Å². The van der Waals surface area contributed by atoms with Gasteiger partial charge in [0.15, 0.2) is 11.4 Å². The largest absolute Gasteiger partial charge is 0.497 e. The van der Waals surface area contributed by atoms with E-state index in [4.69, 9.17) is 14.7 Å². The zero-order valence-corrected chi connectivity index (χ0v) is 22.1. The zero-order chi connectivity index (χ0) is 27.4. The Labute approximate surface area is 228 Å². The Hall–Kier alpha value is -4.94. The number of para-hydroxylation sites is 1. The molecule has 3 aromatic carbocycles. The number of hydrogen-bond acceptors (Lipinski definition) is 7. The maximum absolute atomic E-state index is 13.8. The third-order valence-electron chi connectivity index (χ3n) is 6.21. The summed E-state index contributed by atoms with van der Waals surface area (Å²) in [4.78, 5) is 32.6. The second kappa shape index (κ2) is 11.2. The van der Waals surface area contributed by atoms with Gasteiger partial charge in [0.05, 0.1) is 29.0 Å². The Kier molecular flexibility index (Phi) is 7.39. The Morgan fingerprint density at radius 2 is 1.77 bits per heavy atom. The van der Waals surface area contributed by atoms with E-state index in [9.17, 15) is 9.59 Å². The molecule has 39 heavy (non-hydrogen) atoms. The van der Waals surface area contributed by atoms with Crippen molar-refractivity contribution in [2.75, 3.05) is 19.0 Å². The molecule has 1 aliphatic heterocycles. The highest BCUT2D eigenvalue weighted by atomic mass is 32.1. The van der Waals surface area contributed by atoms with E-state index in [0.717, 1.165) is 11.1 Å². The van der Waals surface area contributed by atoms with Crippen LogP contribution >= 0.6 is 11.3 Å². The van der Waals surface area contributed by atoms with Crippen LogP contribution in [-0.2, 0) is 4.79 Å². The van der Waals surface area contributed by atoms with Crippen LogP contribution in [0.25, 0.3) is 6.08 Å². The molecule has 1 aromatic heterocycles. The van der Waals surface area contributed by atoms with Crippen LogP contribution in [0.5, 0.6) is 11.5 Å². The lowest BCUT2D eigenvalue weighted by atomic mass is 9.95. The molecule has 0 aliphatic carbocycles. The number of nitriles is 1. The van der Waals surface area contributed by atoms with Crippen LogP contribution in [0.3, 0.4) is 0 Å². The van der Waals surface area contributed by atoms with Gasteiger partial charge in [0, 0.05) is 5.69 Å². The molecule has 1 atom stereocenters. The number of carbonyl (C=O) groups excluding carboxylic acids is 1. The Bertz CT molecular complexity index is 1760. The van der Waals surface area contributed by atoms with Gasteiger partial charge >= 0.3 is 0 Å². The summed E-state index contributed by atoms with van der Waals surface area (Å²) in [6.45, 7) is 1.75. The highest BCUT2D eigenvalue weighted by Gasteiger charge is 2.32. The first-order valence-electron chi connectivity index (χ1n) is 12.1. The summed E-state index contributed by atoms with van der Waals surface area (Å²) in [6.07, 6.45) is 1.78. The molecular formula is C30H24N4O4S. The minimum Gasteiger partial charge on any atom is -0.497 e. The van der Waals surface area contributed by atoms with E-state index in [1.54, 1.807) is 36.8 Å². The summed E-state index contributed by atoms with van der Waals surface area (Å²) in [7, 11) is 1.59. The number of nitrogens with one attached hydrogen (secondary N) is 1. The van der Waals surface area contributed by atoms with Crippen molar-refractivity contribution in [3.05, 3.63) is 121 Å². The van der Waals surface area contributed by atoms with Crippen LogP contribution in [0.1, 0.15) is 24.1 Å². The number of anilines is 1. The lowest BCUT2D eigenvalue weighted by molar-refractivity contribution is -0.113. The number of methoxy groups -OCH3 is 1. The van der Waals surface area contributed by atoms with E-state index in [-0.39, 0.29) is 18.1 Å². The van der Waals surface area contributed by atoms with Crippen molar-refractivity contribution >= 4 is 29.0 Å². The van der Waals surface area contributed by atoms with E-state index in [0.29, 0.717) is 37.8 Å². The third-order valence-corrected chi connectivity index (χ3v) is 7.19. The normalized spacial score (nSPS) is 14.7. The molecule has 8 nitrogen and oxygen atoms in total. The lowest BCUT2D eigenvalue weighted by Crippen LogP contribution is -2.40. The topological polar surface area (TPSA) is 106 Å². The zero-order valence-electron chi connectivity index (χ0n) is 21.3. The van der Waals surface area contributed by atoms with Crippen molar-refractivity contribution in [3.8, 4) is 17.6 Å². The van der Waals surface area contributed by atoms with Crippen LogP contribution in [0.15, 0.2) is 99.9 Å². The fourth-order valence-electron chi connectivity index (χ4n) is 4.36. The van der Waals surface area contributed by atoms with Gasteiger partial charge < -0.3 is 14.8 Å². The standard InChI is InChI=1S/C30H24N4O4S/c1-19-26(28(35)33-22-6-4-3-5-7-22)27(21-10-14-23(37-2)15-11-21)34-29(36)25(39-30(34)32-19)18-20-8-12-24(13-9-20)38-17-16-31/h3-15,18,27H,17H2,1-2H3,(H,33,35)/b25-18+/t27-/m0/s1. The molecule has 194 valence electrons. The molecule has 0 saturated carbocycles. The Morgan fingerprint density at radius 3 is 2.44 bits per heavy atom. The number of allylic oxidation sites excluding steroid dienone is 1. The molecule has 1 aliphatic rings. The number of thiazole rings is 1. The maximum atomic E-state index is 13.8. The van der Waals surface area contributed by atoms with Crippen LogP contribution in [-0.4, -0.2) is 24.2 Å². The predicted octanol–water partition coefficient (Wildman–Crippen LogP) is 3.78. The number of rotatable bonds is 7. The summed E-state index contributed by atoms with van der Waals surface area (Å²) in [6, 6.07) is 24.9. The van der Waals surface area contributed by atoms with Gasteiger partial charge in [-0.1, -0.05) is 53.8 Å². The van der Waals surface area contributed by atoms with Gasteiger partial charge in [-0.05, 0) is 60.5 Å². The molecule has 1 amide bonds. The van der Waals surface area contributed by atoms with Gasteiger partial charge in [-0.25, -0.2) is 4.99 Å². The third kappa shape index (κ3) is 5.37. The van der Waals surface area contributed by atoms with Crippen molar-refractivity contribution in [1.29, 1.82) is 5.26 Å². The van der Waals surface area contributed by atoms with E-state index in [1.807, 2.05) is 72.8 Å². The second-order valence-corrected chi connectivity index (χ2v) is 9.70. The summed E-state index contributed by atoms with van der Waals surface area (Å²) in [5, 5.41) is 11.7. The average Bonchev–Trinajstić information content (AvgIpc) is 3.26. The average molecular weight is 537 g/mol. The predicted molar refractivity (Wildman–Crippen MR) is 149 cm³/mol. The Morgan fingerprint density at radius 1 is 1.08 bits per heavy atom. The van der Waals surface area contributed by atoms with E-state index >= 15 is 0 Å². The summed E-state index contributed by atoms with van der Waals surface area (Å²) >= 11 is 1.27. The smallest absolute Gasteiger partial charge is 0.271 e. The fraction of sp³-hybridized carbons (Fsp3) is 0.133. The van der Waals surface area contributed by atoms with Crippen LogP contribution in [0.4, 0.5) is 5.69 Å². The molecule has 0 radical (unpaired) electrons.